The molecular formula is C17H22N4O2. The standard InChI is InChI=1S/C17H22N4O2/c1-22-13-5-7-16(23-2)14(10-13)15-6-8-17(20-19-15)21-9-3-4-12(18)11-21/h5-8,10,12H,3-4,9,11,18H2,1-2H3. The number of rotatable bonds is 4. The number of piperidine rings is 1. The second kappa shape index (κ2) is 6.83. The second-order valence-electron chi connectivity index (χ2n) is 5.69. The van der Waals surface area contributed by atoms with Crippen LogP contribution in [0.5, 0.6) is 11.5 Å². The third kappa shape index (κ3) is 3.37. The van der Waals surface area contributed by atoms with Crippen LogP contribution in [0.4, 0.5) is 5.82 Å². The molecule has 1 fully saturated rings. The molecule has 1 atom stereocenters. The Bertz CT molecular complexity index is 660. The quantitative estimate of drug-likeness (QED) is 0.931. The largest absolute Gasteiger partial charge is 0.497 e. The van der Waals surface area contributed by atoms with Gasteiger partial charge in [-0.1, -0.05) is 0 Å². The number of aromatic nitrogens is 2. The van der Waals surface area contributed by atoms with E-state index in [1.807, 2.05) is 30.3 Å². The van der Waals surface area contributed by atoms with Crippen LogP contribution < -0.4 is 20.1 Å². The summed E-state index contributed by atoms with van der Waals surface area (Å²) in [6.07, 6.45) is 2.16. The van der Waals surface area contributed by atoms with Gasteiger partial charge >= 0.3 is 0 Å². The van der Waals surface area contributed by atoms with Crippen LogP contribution in [0.1, 0.15) is 12.8 Å². The van der Waals surface area contributed by atoms with Crippen molar-refractivity contribution in [1.82, 2.24) is 10.2 Å². The molecule has 0 amide bonds. The molecule has 3 rings (SSSR count). The van der Waals surface area contributed by atoms with Crippen LogP contribution in [0.2, 0.25) is 0 Å². The molecular weight excluding hydrogens is 292 g/mol. The summed E-state index contributed by atoms with van der Waals surface area (Å²) in [5, 5.41) is 8.73. The van der Waals surface area contributed by atoms with E-state index in [0.29, 0.717) is 0 Å². The number of nitrogens with two attached hydrogens (primary N) is 1. The van der Waals surface area contributed by atoms with Gasteiger partial charge in [-0.05, 0) is 43.2 Å². The smallest absolute Gasteiger partial charge is 0.151 e. The normalized spacial score (nSPS) is 17.9. The minimum Gasteiger partial charge on any atom is -0.497 e. The van der Waals surface area contributed by atoms with E-state index in [2.05, 4.69) is 15.1 Å². The fourth-order valence-corrected chi connectivity index (χ4v) is 2.87. The van der Waals surface area contributed by atoms with E-state index in [1.165, 1.54) is 0 Å². The summed E-state index contributed by atoms with van der Waals surface area (Å²) in [5.41, 5.74) is 7.65. The Morgan fingerprint density at radius 1 is 1.13 bits per heavy atom. The van der Waals surface area contributed by atoms with Gasteiger partial charge in [-0.25, -0.2) is 0 Å². The third-order valence-corrected chi connectivity index (χ3v) is 4.11. The Morgan fingerprint density at radius 2 is 2.00 bits per heavy atom. The molecule has 1 aliphatic rings. The van der Waals surface area contributed by atoms with Gasteiger partial charge in [0.2, 0.25) is 0 Å². The summed E-state index contributed by atoms with van der Waals surface area (Å²) in [4.78, 5) is 2.19. The van der Waals surface area contributed by atoms with Gasteiger partial charge in [0, 0.05) is 24.7 Å². The molecule has 0 saturated carbocycles. The van der Waals surface area contributed by atoms with E-state index in [-0.39, 0.29) is 6.04 Å². The molecule has 1 aromatic heterocycles. The Morgan fingerprint density at radius 3 is 2.65 bits per heavy atom. The molecule has 1 saturated heterocycles. The fraction of sp³-hybridized carbons (Fsp3) is 0.412. The lowest BCUT2D eigenvalue weighted by Gasteiger charge is -2.31. The topological polar surface area (TPSA) is 73.5 Å². The first-order valence-electron chi connectivity index (χ1n) is 7.78. The molecule has 0 bridgehead atoms. The number of benzene rings is 1. The monoisotopic (exact) mass is 314 g/mol. The van der Waals surface area contributed by atoms with Crippen LogP contribution in [-0.4, -0.2) is 43.5 Å². The lowest BCUT2D eigenvalue weighted by molar-refractivity contribution is 0.404. The van der Waals surface area contributed by atoms with E-state index in [0.717, 1.165) is 54.5 Å². The van der Waals surface area contributed by atoms with Crippen molar-refractivity contribution in [3.05, 3.63) is 30.3 Å². The van der Waals surface area contributed by atoms with Gasteiger partial charge in [0.05, 0.1) is 19.9 Å². The number of methoxy groups -OCH3 is 2. The Labute approximate surface area is 136 Å². The molecule has 6 nitrogen and oxygen atoms in total. The number of ether oxygens (including phenoxy) is 2. The van der Waals surface area contributed by atoms with E-state index < -0.39 is 0 Å². The maximum atomic E-state index is 6.03. The molecule has 0 spiro atoms. The average Bonchev–Trinajstić information content (AvgIpc) is 2.61. The number of hydrogen-bond acceptors (Lipinski definition) is 6. The van der Waals surface area contributed by atoms with Crippen LogP contribution in [0.25, 0.3) is 11.3 Å². The van der Waals surface area contributed by atoms with Gasteiger partial charge in [0.1, 0.15) is 11.5 Å². The second-order valence-corrected chi connectivity index (χ2v) is 5.69. The summed E-state index contributed by atoms with van der Waals surface area (Å²) >= 11 is 0. The van der Waals surface area contributed by atoms with Gasteiger partial charge in [-0.3, -0.25) is 0 Å². The Balaban J connectivity index is 1.87. The SMILES string of the molecule is COc1ccc(OC)c(-c2ccc(N3CCCC(N)C3)nn2)c1. The highest BCUT2D eigenvalue weighted by molar-refractivity contribution is 5.69. The molecule has 0 radical (unpaired) electrons. The van der Waals surface area contributed by atoms with Crippen LogP contribution in [0.15, 0.2) is 30.3 Å². The number of anilines is 1. The molecule has 1 aromatic carbocycles. The molecule has 2 aromatic rings. The van der Waals surface area contributed by atoms with Crippen LogP contribution in [0.3, 0.4) is 0 Å². The summed E-state index contributed by atoms with van der Waals surface area (Å²) < 4.78 is 10.7. The average molecular weight is 314 g/mol. The van der Waals surface area contributed by atoms with Crippen molar-refractivity contribution in [2.24, 2.45) is 5.73 Å². The zero-order valence-corrected chi connectivity index (χ0v) is 13.5. The molecule has 23 heavy (non-hydrogen) atoms. The van der Waals surface area contributed by atoms with Crippen molar-refractivity contribution in [2.75, 3.05) is 32.2 Å². The lowest BCUT2D eigenvalue weighted by atomic mass is 10.1. The maximum Gasteiger partial charge on any atom is 0.151 e. The predicted octanol–water partition coefficient (Wildman–Crippen LogP) is 2.09. The third-order valence-electron chi connectivity index (χ3n) is 4.11. The fourth-order valence-electron chi connectivity index (χ4n) is 2.87. The van der Waals surface area contributed by atoms with Crippen molar-refractivity contribution >= 4 is 5.82 Å². The molecule has 2 heterocycles. The summed E-state index contributed by atoms with van der Waals surface area (Å²) in [5.74, 6) is 2.37. The van der Waals surface area contributed by atoms with Crippen LogP contribution in [0, 0.1) is 0 Å². The van der Waals surface area contributed by atoms with Gasteiger partial charge in [-0.15, -0.1) is 10.2 Å². The molecule has 0 aliphatic carbocycles. The summed E-state index contributed by atoms with van der Waals surface area (Å²) in [6.45, 7) is 1.81. The molecule has 122 valence electrons. The first-order valence-corrected chi connectivity index (χ1v) is 7.78. The minimum atomic E-state index is 0.212. The molecule has 2 N–H and O–H groups in total. The van der Waals surface area contributed by atoms with Crippen molar-refractivity contribution < 1.29 is 9.47 Å². The van der Waals surface area contributed by atoms with Gasteiger partial charge < -0.3 is 20.1 Å². The predicted molar refractivity (Wildman–Crippen MR) is 90.0 cm³/mol. The van der Waals surface area contributed by atoms with Crippen LogP contribution >= 0.6 is 0 Å². The zero-order valence-electron chi connectivity index (χ0n) is 13.5. The Hall–Kier alpha value is -2.34. The van der Waals surface area contributed by atoms with Crippen LogP contribution in [-0.2, 0) is 0 Å². The highest BCUT2D eigenvalue weighted by Gasteiger charge is 2.18. The molecule has 6 heteroatoms. The highest BCUT2D eigenvalue weighted by atomic mass is 16.5. The Kier molecular flexibility index (Phi) is 4.62. The minimum absolute atomic E-state index is 0.212. The van der Waals surface area contributed by atoms with E-state index in [9.17, 15) is 0 Å². The number of nitrogens with zero attached hydrogens (tertiary/aromatic N) is 3. The van der Waals surface area contributed by atoms with Crippen molar-refractivity contribution in [3.63, 3.8) is 0 Å². The van der Waals surface area contributed by atoms with Gasteiger partial charge in [0.15, 0.2) is 5.82 Å². The van der Waals surface area contributed by atoms with Crippen molar-refractivity contribution in [1.29, 1.82) is 0 Å². The highest BCUT2D eigenvalue weighted by Crippen LogP contribution is 2.32. The maximum absolute atomic E-state index is 6.03. The molecule has 1 aliphatic heterocycles. The lowest BCUT2D eigenvalue weighted by Crippen LogP contribution is -2.43. The summed E-state index contributed by atoms with van der Waals surface area (Å²) in [7, 11) is 3.28. The first-order chi connectivity index (χ1) is 11.2. The number of hydrogen-bond donors (Lipinski definition) is 1. The van der Waals surface area contributed by atoms with Gasteiger partial charge in [0.25, 0.3) is 0 Å². The molecule has 1 unspecified atom stereocenters. The van der Waals surface area contributed by atoms with E-state index in [4.69, 9.17) is 15.2 Å². The first kappa shape index (κ1) is 15.6. The zero-order chi connectivity index (χ0) is 16.2. The van der Waals surface area contributed by atoms with E-state index in [1.54, 1.807) is 14.2 Å². The van der Waals surface area contributed by atoms with Crippen molar-refractivity contribution in [3.8, 4) is 22.8 Å². The van der Waals surface area contributed by atoms with E-state index >= 15 is 0 Å². The summed E-state index contributed by atoms with van der Waals surface area (Å²) in [6, 6.07) is 9.79. The van der Waals surface area contributed by atoms with Gasteiger partial charge in [-0.2, -0.15) is 0 Å². The van der Waals surface area contributed by atoms with Crippen molar-refractivity contribution in [2.45, 2.75) is 18.9 Å².